The van der Waals surface area contributed by atoms with Gasteiger partial charge in [-0.2, -0.15) is 0 Å². The SMILES string of the molecule is C[C@@H](c1ccccc1)N1CC[C@]2(CC[C@@H](O)CC2)OC1=O. The van der Waals surface area contributed by atoms with Crippen molar-refractivity contribution in [2.45, 2.75) is 56.8 Å². The summed E-state index contributed by atoms with van der Waals surface area (Å²) < 4.78 is 5.79. The van der Waals surface area contributed by atoms with E-state index in [2.05, 4.69) is 0 Å². The van der Waals surface area contributed by atoms with E-state index in [4.69, 9.17) is 4.74 Å². The number of hydrogen-bond acceptors (Lipinski definition) is 3. The second kappa shape index (κ2) is 5.68. The van der Waals surface area contributed by atoms with E-state index in [9.17, 15) is 9.90 Å². The molecule has 1 saturated carbocycles. The van der Waals surface area contributed by atoms with Crippen LogP contribution in [0.25, 0.3) is 0 Å². The van der Waals surface area contributed by atoms with Crippen LogP contribution in [-0.2, 0) is 4.74 Å². The van der Waals surface area contributed by atoms with Crippen molar-refractivity contribution in [1.82, 2.24) is 4.90 Å². The summed E-state index contributed by atoms with van der Waals surface area (Å²) in [4.78, 5) is 14.2. The van der Waals surface area contributed by atoms with Crippen LogP contribution in [0.2, 0.25) is 0 Å². The fourth-order valence-corrected chi connectivity index (χ4v) is 3.45. The predicted octanol–water partition coefficient (Wildman–Crippen LogP) is 3.26. The van der Waals surface area contributed by atoms with E-state index in [1.807, 2.05) is 42.2 Å². The summed E-state index contributed by atoms with van der Waals surface area (Å²) in [7, 11) is 0. The average Bonchev–Trinajstić information content (AvgIpc) is 2.51. The number of carbonyl (C=O) groups excluding carboxylic acids is 1. The molecule has 0 bridgehead atoms. The van der Waals surface area contributed by atoms with Crippen LogP contribution in [0.4, 0.5) is 4.79 Å². The first-order chi connectivity index (χ1) is 10.1. The quantitative estimate of drug-likeness (QED) is 0.909. The maximum absolute atomic E-state index is 12.4. The zero-order valence-electron chi connectivity index (χ0n) is 12.5. The number of rotatable bonds is 2. The summed E-state index contributed by atoms with van der Waals surface area (Å²) in [6, 6.07) is 10.1. The molecule has 1 spiro atoms. The van der Waals surface area contributed by atoms with Gasteiger partial charge in [0.2, 0.25) is 0 Å². The predicted molar refractivity (Wildman–Crippen MR) is 79.9 cm³/mol. The number of ether oxygens (including phenoxy) is 1. The Kier molecular flexibility index (Phi) is 3.89. The van der Waals surface area contributed by atoms with Gasteiger partial charge in [-0.3, -0.25) is 0 Å². The first kappa shape index (κ1) is 14.4. The van der Waals surface area contributed by atoms with Crippen LogP contribution in [0.3, 0.4) is 0 Å². The summed E-state index contributed by atoms with van der Waals surface area (Å²) >= 11 is 0. The molecule has 2 fully saturated rings. The Morgan fingerprint density at radius 2 is 1.90 bits per heavy atom. The number of hydrogen-bond donors (Lipinski definition) is 1. The van der Waals surface area contributed by atoms with E-state index < -0.39 is 0 Å². The molecule has 3 rings (SSSR count). The van der Waals surface area contributed by atoms with Gasteiger partial charge in [0.25, 0.3) is 0 Å². The van der Waals surface area contributed by atoms with E-state index in [0.29, 0.717) is 0 Å². The van der Waals surface area contributed by atoms with Gasteiger partial charge >= 0.3 is 6.09 Å². The lowest BCUT2D eigenvalue weighted by Crippen LogP contribution is -2.52. The van der Waals surface area contributed by atoms with Crippen LogP contribution in [0.15, 0.2) is 30.3 Å². The lowest BCUT2D eigenvalue weighted by molar-refractivity contribution is -0.0908. The Balaban J connectivity index is 1.68. The molecule has 1 heterocycles. The van der Waals surface area contributed by atoms with Crippen molar-refractivity contribution in [3.8, 4) is 0 Å². The maximum Gasteiger partial charge on any atom is 0.410 e. The van der Waals surface area contributed by atoms with Gasteiger partial charge in [-0.25, -0.2) is 4.79 Å². The van der Waals surface area contributed by atoms with Crippen molar-refractivity contribution in [1.29, 1.82) is 0 Å². The normalized spacial score (nSPS) is 31.0. The van der Waals surface area contributed by atoms with Crippen molar-refractivity contribution >= 4 is 6.09 Å². The minimum absolute atomic E-state index is 0.0326. The Morgan fingerprint density at radius 3 is 2.52 bits per heavy atom. The zero-order chi connectivity index (χ0) is 14.9. The van der Waals surface area contributed by atoms with Gasteiger partial charge in [-0.05, 0) is 38.2 Å². The van der Waals surface area contributed by atoms with Crippen molar-refractivity contribution < 1.29 is 14.6 Å². The summed E-state index contributed by atoms with van der Waals surface area (Å²) in [6.07, 6.45) is 3.47. The van der Waals surface area contributed by atoms with E-state index in [1.165, 1.54) is 0 Å². The van der Waals surface area contributed by atoms with Crippen molar-refractivity contribution in [2.24, 2.45) is 0 Å². The van der Waals surface area contributed by atoms with Gasteiger partial charge in [-0.15, -0.1) is 0 Å². The highest BCUT2D eigenvalue weighted by Gasteiger charge is 2.44. The monoisotopic (exact) mass is 289 g/mol. The molecule has 1 saturated heterocycles. The van der Waals surface area contributed by atoms with E-state index >= 15 is 0 Å². The minimum atomic E-state index is -0.330. The first-order valence-corrected chi connectivity index (χ1v) is 7.82. The van der Waals surface area contributed by atoms with Crippen LogP contribution in [0.5, 0.6) is 0 Å². The Bertz CT molecular complexity index is 494. The smallest absolute Gasteiger partial charge is 0.410 e. The minimum Gasteiger partial charge on any atom is -0.443 e. The highest BCUT2D eigenvalue weighted by Crippen LogP contribution is 2.39. The fraction of sp³-hybridized carbons (Fsp3) is 0.588. The molecule has 1 aliphatic heterocycles. The van der Waals surface area contributed by atoms with Gasteiger partial charge in [0, 0.05) is 13.0 Å². The average molecular weight is 289 g/mol. The number of nitrogens with zero attached hydrogens (tertiary/aromatic N) is 1. The van der Waals surface area contributed by atoms with Crippen LogP contribution in [0.1, 0.15) is 50.6 Å². The third kappa shape index (κ3) is 2.91. The van der Waals surface area contributed by atoms with E-state index in [-0.39, 0.29) is 23.8 Å². The molecule has 0 aromatic heterocycles. The molecule has 114 valence electrons. The fourth-order valence-electron chi connectivity index (χ4n) is 3.45. The molecule has 1 aliphatic carbocycles. The van der Waals surface area contributed by atoms with Crippen LogP contribution >= 0.6 is 0 Å². The maximum atomic E-state index is 12.4. The molecule has 1 atom stereocenters. The lowest BCUT2D eigenvalue weighted by atomic mass is 9.80. The van der Waals surface area contributed by atoms with Crippen LogP contribution < -0.4 is 0 Å². The number of amides is 1. The molecular weight excluding hydrogens is 266 g/mol. The molecule has 0 radical (unpaired) electrons. The van der Waals surface area contributed by atoms with Crippen molar-refractivity contribution in [2.75, 3.05) is 6.54 Å². The topological polar surface area (TPSA) is 49.8 Å². The van der Waals surface area contributed by atoms with Crippen molar-refractivity contribution in [3.05, 3.63) is 35.9 Å². The third-order valence-corrected chi connectivity index (χ3v) is 4.96. The molecule has 2 aliphatic rings. The molecule has 1 aromatic rings. The van der Waals surface area contributed by atoms with Gasteiger partial charge in [0.1, 0.15) is 5.60 Å². The Labute approximate surface area is 125 Å². The molecule has 4 heteroatoms. The summed E-state index contributed by atoms with van der Waals surface area (Å²) in [6.45, 7) is 2.77. The first-order valence-electron chi connectivity index (χ1n) is 7.82. The van der Waals surface area contributed by atoms with Crippen LogP contribution in [-0.4, -0.2) is 34.3 Å². The molecular formula is C17H23NO3. The van der Waals surface area contributed by atoms with E-state index in [0.717, 1.165) is 44.2 Å². The number of carbonyl (C=O) groups is 1. The van der Waals surface area contributed by atoms with Gasteiger partial charge < -0.3 is 14.7 Å². The largest absolute Gasteiger partial charge is 0.443 e. The molecule has 21 heavy (non-hydrogen) atoms. The Morgan fingerprint density at radius 1 is 1.24 bits per heavy atom. The van der Waals surface area contributed by atoms with E-state index in [1.54, 1.807) is 0 Å². The second-order valence-electron chi connectivity index (χ2n) is 6.31. The number of benzene rings is 1. The van der Waals surface area contributed by atoms with Gasteiger partial charge in [0.15, 0.2) is 0 Å². The standard InChI is InChI=1S/C17H23NO3/c1-13(14-5-3-2-4-6-14)18-12-11-17(21-16(18)20)9-7-15(19)8-10-17/h2-6,13,15,19H,7-12H2,1H3/t13-,15-,17-/m0/s1. The summed E-state index contributed by atoms with van der Waals surface area (Å²) in [5.74, 6) is 0. The van der Waals surface area contributed by atoms with Crippen molar-refractivity contribution in [3.63, 3.8) is 0 Å². The molecule has 4 nitrogen and oxygen atoms in total. The molecule has 1 N–H and O–H groups in total. The lowest BCUT2D eigenvalue weighted by Gasteiger charge is -2.45. The zero-order valence-corrected chi connectivity index (χ0v) is 12.5. The summed E-state index contributed by atoms with van der Waals surface area (Å²) in [5, 5.41) is 9.63. The highest BCUT2D eigenvalue weighted by molar-refractivity contribution is 5.69. The van der Waals surface area contributed by atoms with Gasteiger partial charge in [0.05, 0.1) is 12.1 Å². The van der Waals surface area contributed by atoms with Gasteiger partial charge in [-0.1, -0.05) is 30.3 Å². The number of aliphatic hydroxyl groups excluding tert-OH is 1. The third-order valence-electron chi connectivity index (χ3n) is 4.96. The van der Waals surface area contributed by atoms with Crippen LogP contribution in [0, 0.1) is 0 Å². The molecule has 1 aromatic carbocycles. The highest BCUT2D eigenvalue weighted by atomic mass is 16.6. The summed E-state index contributed by atoms with van der Waals surface area (Å²) in [5.41, 5.74) is 0.799. The second-order valence-corrected chi connectivity index (χ2v) is 6.31. The molecule has 1 amide bonds. The molecule has 0 unspecified atom stereocenters. The number of aliphatic hydroxyl groups is 1. The Hall–Kier alpha value is -1.55.